The fourth-order valence-corrected chi connectivity index (χ4v) is 1.68. The van der Waals surface area contributed by atoms with Crippen LogP contribution in [-0.2, 0) is 0 Å². The Balaban J connectivity index is 2.89. The van der Waals surface area contributed by atoms with Gasteiger partial charge < -0.3 is 5.73 Å². The zero-order valence-electron chi connectivity index (χ0n) is 6.89. The Kier molecular flexibility index (Phi) is 2.33. The van der Waals surface area contributed by atoms with Gasteiger partial charge in [-0.3, -0.25) is 4.98 Å². The van der Waals surface area contributed by atoms with Crippen molar-refractivity contribution in [2.24, 2.45) is 0 Å². The summed E-state index contributed by atoms with van der Waals surface area (Å²) in [5.74, 6) is -0.369. The summed E-state index contributed by atoms with van der Waals surface area (Å²) < 4.78 is 13.5. The fraction of sp³-hybridized carbons (Fsp3) is 0. The number of aromatic nitrogens is 1. The van der Waals surface area contributed by atoms with Gasteiger partial charge in [-0.1, -0.05) is 11.6 Å². The highest BCUT2D eigenvalue weighted by atomic mass is 79.9. The molecule has 14 heavy (non-hydrogen) atoms. The first-order chi connectivity index (χ1) is 6.59. The second kappa shape index (κ2) is 3.37. The number of fused-ring (bicyclic) bond motifs is 1. The molecule has 5 heteroatoms. The maximum Gasteiger partial charge on any atom is 0.139 e. The van der Waals surface area contributed by atoms with Gasteiger partial charge in [-0.05, 0) is 22.0 Å². The number of hydrogen-bond donors (Lipinski definition) is 1. The van der Waals surface area contributed by atoms with Crippen LogP contribution in [0.1, 0.15) is 0 Å². The van der Waals surface area contributed by atoms with Crippen LogP contribution in [0.4, 0.5) is 10.1 Å². The van der Waals surface area contributed by atoms with Crippen molar-refractivity contribution in [2.75, 3.05) is 5.73 Å². The van der Waals surface area contributed by atoms with Gasteiger partial charge in [-0.25, -0.2) is 4.39 Å². The number of nitrogens with zero attached hydrogens (tertiary/aromatic N) is 1. The number of halogens is 3. The van der Waals surface area contributed by atoms with Gasteiger partial charge in [0.2, 0.25) is 0 Å². The van der Waals surface area contributed by atoms with E-state index < -0.39 is 0 Å². The van der Waals surface area contributed by atoms with Gasteiger partial charge in [0.25, 0.3) is 0 Å². The molecule has 1 aromatic heterocycles. The van der Waals surface area contributed by atoms with Crippen molar-refractivity contribution in [2.45, 2.75) is 0 Å². The van der Waals surface area contributed by atoms with Crippen LogP contribution >= 0.6 is 27.5 Å². The Labute approximate surface area is 93.0 Å². The second-order valence-corrected chi connectivity index (χ2v) is 4.06. The molecule has 2 nitrogen and oxygen atoms in total. The lowest BCUT2D eigenvalue weighted by Crippen LogP contribution is -1.92. The monoisotopic (exact) mass is 274 g/mol. The molecule has 2 N–H and O–H groups in total. The summed E-state index contributed by atoms with van der Waals surface area (Å²) >= 11 is 8.86. The summed E-state index contributed by atoms with van der Waals surface area (Å²) in [5, 5.41) is 1.02. The molecule has 0 unspecified atom stereocenters. The molecule has 2 rings (SSSR count). The van der Waals surface area contributed by atoms with E-state index in [4.69, 9.17) is 17.3 Å². The molecule has 0 fully saturated rings. The van der Waals surface area contributed by atoms with Gasteiger partial charge in [0.05, 0.1) is 20.7 Å². The highest BCUT2D eigenvalue weighted by Gasteiger charge is 2.07. The SMILES string of the molecule is Nc1c(Cl)cnc2cc(F)c(Br)cc12. The normalized spacial score (nSPS) is 10.8. The number of hydrogen-bond acceptors (Lipinski definition) is 2. The summed E-state index contributed by atoms with van der Waals surface area (Å²) in [5.41, 5.74) is 6.63. The summed E-state index contributed by atoms with van der Waals surface area (Å²) in [6, 6.07) is 2.88. The van der Waals surface area contributed by atoms with Crippen LogP contribution in [0.3, 0.4) is 0 Å². The highest BCUT2D eigenvalue weighted by Crippen LogP contribution is 2.30. The van der Waals surface area contributed by atoms with Crippen LogP contribution in [0.25, 0.3) is 10.9 Å². The minimum atomic E-state index is -0.369. The summed E-state index contributed by atoms with van der Waals surface area (Å²) in [6.07, 6.45) is 1.41. The highest BCUT2D eigenvalue weighted by molar-refractivity contribution is 9.10. The minimum absolute atomic E-state index is 0.348. The van der Waals surface area contributed by atoms with E-state index in [0.717, 1.165) is 0 Å². The lowest BCUT2D eigenvalue weighted by Gasteiger charge is -2.04. The first-order valence-corrected chi connectivity index (χ1v) is 4.95. The second-order valence-electron chi connectivity index (χ2n) is 2.80. The van der Waals surface area contributed by atoms with Gasteiger partial charge in [0.1, 0.15) is 5.82 Å². The van der Waals surface area contributed by atoms with Gasteiger partial charge in [0, 0.05) is 17.6 Å². The number of anilines is 1. The van der Waals surface area contributed by atoms with Gasteiger partial charge in [0.15, 0.2) is 0 Å². The summed E-state index contributed by atoms with van der Waals surface area (Å²) in [4.78, 5) is 3.97. The Hall–Kier alpha value is -0.870. The number of rotatable bonds is 0. The minimum Gasteiger partial charge on any atom is -0.397 e. The Morgan fingerprint density at radius 3 is 2.86 bits per heavy atom. The van der Waals surface area contributed by atoms with Crippen molar-refractivity contribution in [3.63, 3.8) is 0 Å². The van der Waals surface area contributed by atoms with E-state index in [1.165, 1.54) is 12.3 Å². The lowest BCUT2D eigenvalue weighted by atomic mass is 10.2. The van der Waals surface area contributed by atoms with Crippen LogP contribution in [0.5, 0.6) is 0 Å². The summed E-state index contributed by atoms with van der Waals surface area (Å²) in [7, 11) is 0. The van der Waals surface area contributed by atoms with E-state index in [1.54, 1.807) is 6.07 Å². The van der Waals surface area contributed by atoms with Gasteiger partial charge >= 0.3 is 0 Å². The molecular weight excluding hydrogens is 270 g/mol. The third-order valence-corrected chi connectivity index (χ3v) is 2.81. The van der Waals surface area contributed by atoms with Crippen molar-refractivity contribution in [3.8, 4) is 0 Å². The maximum absolute atomic E-state index is 13.1. The molecule has 1 aromatic carbocycles. The Bertz CT molecular complexity index is 516. The molecule has 0 saturated heterocycles. The number of benzene rings is 1. The average molecular weight is 276 g/mol. The smallest absolute Gasteiger partial charge is 0.139 e. The first-order valence-electron chi connectivity index (χ1n) is 3.78. The fourth-order valence-electron chi connectivity index (χ4n) is 1.18. The zero-order chi connectivity index (χ0) is 10.3. The van der Waals surface area contributed by atoms with Crippen LogP contribution in [0, 0.1) is 5.82 Å². The molecule has 2 aromatic rings. The predicted octanol–water partition coefficient (Wildman–Crippen LogP) is 3.37. The third kappa shape index (κ3) is 1.44. The van der Waals surface area contributed by atoms with E-state index in [1.807, 2.05) is 0 Å². The molecule has 0 atom stereocenters. The lowest BCUT2D eigenvalue weighted by molar-refractivity contribution is 0.623. The molecule has 0 saturated carbocycles. The molecule has 1 heterocycles. The Morgan fingerprint density at radius 2 is 2.14 bits per heavy atom. The van der Waals surface area contributed by atoms with Crippen LogP contribution in [0.15, 0.2) is 22.8 Å². The van der Waals surface area contributed by atoms with Crippen LogP contribution in [-0.4, -0.2) is 4.98 Å². The predicted molar refractivity (Wildman–Crippen MR) is 58.8 cm³/mol. The molecule has 0 aliphatic heterocycles. The third-order valence-electron chi connectivity index (χ3n) is 1.90. The summed E-state index contributed by atoms with van der Waals surface area (Å²) in [6.45, 7) is 0. The van der Waals surface area contributed by atoms with E-state index in [-0.39, 0.29) is 5.82 Å². The molecule has 0 bridgehead atoms. The number of nitrogens with two attached hydrogens (primary N) is 1. The molecule has 0 aliphatic rings. The van der Waals surface area contributed by atoms with Crippen molar-refractivity contribution in [1.82, 2.24) is 4.98 Å². The van der Waals surface area contributed by atoms with Crippen molar-refractivity contribution >= 4 is 44.1 Å². The van der Waals surface area contributed by atoms with Gasteiger partial charge in [-0.2, -0.15) is 0 Å². The van der Waals surface area contributed by atoms with E-state index >= 15 is 0 Å². The van der Waals surface area contributed by atoms with Gasteiger partial charge in [-0.15, -0.1) is 0 Å². The molecule has 0 amide bonds. The van der Waals surface area contributed by atoms with Crippen LogP contribution in [0.2, 0.25) is 5.02 Å². The molecule has 0 aliphatic carbocycles. The van der Waals surface area contributed by atoms with Crippen molar-refractivity contribution in [3.05, 3.63) is 33.6 Å². The molecule has 0 radical (unpaired) electrons. The largest absolute Gasteiger partial charge is 0.397 e. The van der Waals surface area contributed by atoms with Crippen molar-refractivity contribution < 1.29 is 4.39 Å². The quantitative estimate of drug-likeness (QED) is 0.800. The van der Waals surface area contributed by atoms with E-state index in [9.17, 15) is 4.39 Å². The number of nitrogen functional groups attached to an aromatic ring is 1. The molecule has 72 valence electrons. The molecule has 0 spiro atoms. The van der Waals surface area contributed by atoms with E-state index in [0.29, 0.717) is 26.1 Å². The maximum atomic E-state index is 13.1. The topological polar surface area (TPSA) is 38.9 Å². The molecular formula is C9H5BrClFN2. The zero-order valence-corrected chi connectivity index (χ0v) is 9.23. The van der Waals surface area contributed by atoms with Crippen LogP contribution < -0.4 is 5.73 Å². The first kappa shape index (κ1) is 9.68. The van der Waals surface area contributed by atoms with Crippen molar-refractivity contribution in [1.29, 1.82) is 0 Å². The number of pyridine rings is 1. The standard InChI is InChI=1S/C9H5BrClFN2/c10-5-1-4-8(2-7(5)12)14-3-6(11)9(4)13/h1-3H,(H2,13,14). The van der Waals surface area contributed by atoms with E-state index in [2.05, 4.69) is 20.9 Å². The Morgan fingerprint density at radius 1 is 1.43 bits per heavy atom. The average Bonchev–Trinajstić information content (AvgIpc) is 2.15.